The summed E-state index contributed by atoms with van der Waals surface area (Å²) in [6, 6.07) is 0. The van der Waals surface area contributed by atoms with E-state index < -0.39 is 0 Å². The van der Waals surface area contributed by atoms with Crippen LogP contribution in [0.2, 0.25) is 0 Å². The third-order valence-corrected chi connectivity index (χ3v) is 3.50. The van der Waals surface area contributed by atoms with Crippen LogP contribution >= 0.6 is 0 Å². The molecular formula is C17H24F2Zr. The van der Waals surface area contributed by atoms with Crippen molar-refractivity contribution in [2.45, 2.75) is 53.9 Å². The maximum Gasteiger partial charge on any atom is 4.00 e. The summed E-state index contributed by atoms with van der Waals surface area (Å²) in [6.45, 7) is 11.2. The molecule has 0 aliphatic heterocycles. The Kier molecular flexibility index (Phi) is 14.0. The van der Waals surface area contributed by atoms with Gasteiger partial charge in [0.05, 0.1) is 0 Å². The molecule has 0 radical (unpaired) electrons. The molecule has 0 nitrogen and oxygen atoms in total. The second-order valence-electron chi connectivity index (χ2n) is 5.23. The Balaban J connectivity index is -0.000000312. The van der Waals surface area contributed by atoms with Gasteiger partial charge in [-0.05, 0) is 0 Å². The second kappa shape index (κ2) is 11.4. The fourth-order valence-corrected chi connectivity index (χ4v) is 2.10. The Morgan fingerprint density at radius 2 is 1.80 bits per heavy atom. The summed E-state index contributed by atoms with van der Waals surface area (Å²) in [4.78, 5) is 0. The second-order valence-corrected chi connectivity index (χ2v) is 5.23. The Hall–Kier alpha value is -0.297. The van der Waals surface area contributed by atoms with Crippen molar-refractivity contribution in [3.63, 3.8) is 0 Å². The van der Waals surface area contributed by atoms with Gasteiger partial charge in [0, 0.05) is 0 Å². The zero-order chi connectivity index (χ0) is 12.9. The van der Waals surface area contributed by atoms with E-state index >= 15 is 0 Å². The first-order valence-electron chi connectivity index (χ1n) is 6.53. The minimum Gasteiger partial charge on any atom is -1.00 e. The largest absolute Gasteiger partial charge is 4.00 e. The first-order valence-corrected chi connectivity index (χ1v) is 6.53. The molecule has 0 heterocycles. The third kappa shape index (κ3) is 6.93. The normalized spacial score (nSPS) is 17.4. The minimum atomic E-state index is 0. The first-order chi connectivity index (χ1) is 7.99. The molecule has 20 heavy (non-hydrogen) atoms. The van der Waals surface area contributed by atoms with Gasteiger partial charge < -0.3 is 9.41 Å². The molecule has 0 amide bonds. The summed E-state index contributed by atoms with van der Waals surface area (Å²) >= 11 is 0. The van der Waals surface area contributed by atoms with Gasteiger partial charge in [-0.1, -0.05) is 46.0 Å². The predicted octanol–water partition coefficient (Wildman–Crippen LogP) is -0.797. The van der Waals surface area contributed by atoms with Gasteiger partial charge in [0.2, 0.25) is 0 Å². The van der Waals surface area contributed by atoms with Crippen molar-refractivity contribution in [3.8, 4) is 0 Å². The van der Waals surface area contributed by atoms with E-state index in [1.807, 2.05) is 12.2 Å². The van der Waals surface area contributed by atoms with Crippen molar-refractivity contribution in [2.75, 3.05) is 0 Å². The van der Waals surface area contributed by atoms with Gasteiger partial charge >= 0.3 is 26.2 Å². The molecule has 0 aromatic rings. The maximum atomic E-state index is 3.57. The molecule has 110 valence electrons. The van der Waals surface area contributed by atoms with Crippen molar-refractivity contribution in [3.05, 3.63) is 47.1 Å². The van der Waals surface area contributed by atoms with Crippen LogP contribution < -0.4 is 9.41 Å². The van der Waals surface area contributed by atoms with Crippen molar-refractivity contribution in [1.29, 1.82) is 0 Å². The van der Waals surface area contributed by atoms with Crippen LogP contribution in [0.25, 0.3) is 0 Å². The van der Waals surface area contributed by atoms with Crippen LogP contribution in [0.1, 0.15) is 53.9 Å². The Morgan fingerprint density at radius 3 is 2.05 bits per heavy atom. The van der Waals surface area contributed by atoms with Crippen LogP contribution in [0, 0.1) is 17.6 Å². The number of hydrogen-bond donors (Lipinski definition) is 0. The zero-order valence-corrected chi connectivity index (χ0v) is 15.6. The smallest absolute Gasteiger partial charge is 1.00 e. The van der Waals surface area contributed by atoms with Crippen molar-refractivity contribution in [1.82, 2.24) is 0 Å². The van der Waals surface area contributed by atoms with E-state index in [1.165, 1.54) is 29.6 Å². The van der Waals surface area contributed by atoms with Crippen molar-refractivity contribution in [2.24, 2.45) is 5.41 Å². The van der Waals surface area contributed by atoms with E-state index in [0.717, 1.165) is 6.42 Å². The molecule has 0 unspecified atom stereocenters. The van der Waals surface area contributed by atoms with Gasteiger partial charge in [-0.3, -0.25) is 12.2 Å². The molecule has 0 atom stereocenters. The van der Waals surface area contributed by atoms with Gasteiger partial charge in [0.15, 0.2) is 0 Å². The Morgan fingerprint density at radius 1 is 1.20 bits per heavy atom. The van der Waals surface area contributed by atoms with Gasteiger partial charge in [0.25, 0.3) is 0 Å². The molecular weight excluding hydrogens is 333 g/mol. The first kappa shape index (κ1) is 24.7. The molecule has 0 N–H and O–H groups in total. The van der Waals surface area contributed by atoms with Crippen LogP contribution in [0.3, 0.4) is 0 Å². The predicted molar refractivity (Wildman–Crippen MR) is 75.4 cm³/mol. The topological polar surface area (TPSA) is 0 Å². The van der Waals surface area contributed by atoms with E-state index in [-0.39, 0.29) is 41.0 Å². The standard InChI is InChI=1S/C12H19.C5H5.2FH.Zr/c1-6-7-11-8-12(4,5)10(3)9(11)2;1-2-4-5-3-1;;;/h6-7H2,1-5H3;1-3H,4H2;2*1H;/q2*-1;;;+4/p-2. The minimum absolute atomic E-state index is 0. The fraction of sp³-hybridized carbons (Fsp3) is 0.529. The molecule has 0 bridgehead atoms. The number of hydrogen-bond acceptors (Lipinski definition) is 0. The van der Waals surface area contributed by atoms with Gasteiger partial charge in [-0.25, -0.2) is 17.7 Å². The number of allylic oxidation sites excluding steroid dienone is 8. The average Bonchev–Trinajstić information content (AvgIpc) is 2.89. The van der Waals surface area contributed by atoms with Gasteiger partial charge in [-0.2, -0.15) is 17.2 Å². The van der Waals surface area contributed by atoms with E-state index in [0.29, 0.717) is 0 Å². The quantitative estimate of drug-likeness (QED) is 0.568. The monoisotopic (exact) mass is 356 g/mol. The molecule has 3 heteroatoms. The van der Waals surface area contributed by atoms with E-state index in [1.54, 1.807) is 0 Å². The van der Waals surface area contributed by atoms with Gasteiger partial charge in [-0.15, -0.1) is 13.3 Å². The molecule has 2 rings (SSSR count). The molecule has 0 saturated heterocycles. The summed E-state index contributed by atoms with van der Waals surface area (Å²) in [5.41, 5.74) is 4.60. The van der Waals surface area contributed by atoms with Crippen molar-refractivity contribution >= 4 is 0 Å². The maximum absolute atomic E-state index is 3.57. The summed E-state index contributed by atoms with van der Waals surface area (Å²) in [7, 11) is 0. The molecule has 2 aliphatic carbocycles. The third-order valence-electron chi connectivity index (χ3n) is 3.50. The molecule has 2 aliphatic rings. The summed E-state index contributed by atoms with van der Waals surface area (Å²) < 4.78 is 0. The SMILES string of the molecule is CCCC1=[C-]C(C)(C)C(C)=C1C.[C-]1=CC=CC1.[F-].[F-].[Zr+4]. The van der Waals surface area contributed by atoms with Gasteiger partial charge in [0.1, 0.15) is 0 Å². The Labute approximate surface area is 142 Å². The van der Waals surface area contributed by atoms with E-state index in [2.05, 4.69) is 52.8 Å². The van der Waals surface area contributed by atoms with E-state index in [9.17, 15) is 0 Å². The molecule has 0 fully saturated rings. The van der Waals surface area contributed by atoms with Crippen LogP contribution in [0.4, 0.5) is 0 Å². The van der Waals surface area contributed by atoms with Crippen LogP contribution in [-0.2, 0) is 26.2 Å². The molecule has 0 saturated carbocycles. The molecule has 0 aromatic heterocycles. The summed E-state index contributed by atoms with van der Waals surface area (Å²) in [5, 5.41) is 0. The molecule has 0 spiro atoms. The van der Waals surface area contributed by atoms with Crippen LogP contribution in [0.15, 0.2) is 34.9 Å². The fourth-order valence-electron chi connectivity index (χ4n) is 2.10. The average molecular weight is 358 g/mol. The van der Waals surface area contributed by atoms with Crippen LogP contribution in [-0.4, -0.2) is 0 Å². The summed E-state index contributed by atoms with van der Waals surface area (Å²) in [6.07, 6.45) is 16.0. The van der Waals surface area contributed by atoms with E-state index in [4.69, 9.17) is 0 Å². The van der Waals surface area contributed by atoms with Crippen LogP contribution in [0.5, 0.6) is 0 Å². The van der Waals surface area contributed by atoms with Crippen molar-refractivity contribution < 1.29 is 35.6 Å². The number of rotatable bonds is 2. The summed E-state index contributed by atoms with van der Waals surface area (Å²) in [5.74, 6) is 0. The zero-order valence-electron chi connectivity index (χ0n) is 13.1. The molecule has 0 aromatic carbocycles. The number of halogens is 2. The Bertz CT molecular complexity index is 378.